The number of hydrogen-bond donors (Lipinski definition) is 2. The molecule has 2 aromatic rings. The first-order valence-electron chi connectivity index (χ1n) is 8.42. The Balaban J connectivity index is 1.92. The molecule has 1 aromatic heterocycles. The lowest BCUT2D eigenvalue weighted by Gasteiger charge is -2.33. The molecule has 6 nitrogen and oxygen atoms in total. The predicted octanol–water partition coefficient (Wildman–Crippen LogP) is 3.11. The molecule has 1 fully saturated rings. The van der Waals surface area contributed by atoms with Crippen LogP contribution >= 0.6 is 11.6 Å². The molecule has 0 unspecified atom stereocenters. The zero-order chi connectivity index (χ0) is 18.9. The van der Waals surface area contributed by atoms with Crippen LogP contribution in [-0.4, -0.2) is 40.3 Å². The quantitative estimate of drug-likeness (QED) is 0.859. The van der Waals surface area contributed by atoms with Crippen LogP contribution in [0.15, 0.2) is 30.3 Å². The third-order valence-corrected chi connectivity index (χ3v) is 5.12. The van der Waals surface area contributed by atoms with E-state index in [1.807, 2.05) is 30.5 Å². The maximum Gasteiger partial charge on any atom is 0.329 e. The zero-order valence-electron chi connectivity index (χ0n) is 14.7. The van der Waals surface area contributed by atoms with E-state index in [0.717, 1.165) is 17.1 Å². The largest absolute Gasteiger partial charge is 0.480 e. The average Bonchev–Trinajstić information content (AvgIpc) is 2.91. The van der Waals surface area contributed by atoms with E-state index in [9.17, 15) is 14.7 Å². The highest BCUT2D eigenvalue weighted by Crippen LogP contribution is 2.25. The number of aliphatic carboxylic acids is 1. The minimum atomic E-state index is -1.28. The molecule has 1 aromatic carbocycles. The molecule has 0 aliphatic carbocycles. The van der Waals surface area contributed by atoms with Gasteiger partial charge in [0.15, 0.2) is 0 Å². The summed E-state index contributed by atoms with van der Waals surface area (Å²) in [6.45, 7) is 4.38. The number of aryl methyl sites for hydroxylation is 1. The number of amides is 1. The molecule has 2 heterocycles. The number of carbonyl (C=O) groups is 2. The normalized spacial score (nSPS) is 16.3. The molecule has 138 valence electrons. The predicted molar refractivity (Wildman–Crippen MR) is 98.1 cm³/mol. The standard InChI is InChI=1S/C19H21ClN2O4/c1-12-11-16(13(2)22(12)15-5-3-14(20)4-6-15)17(23)21-19(18(24)25)7-9-26-10-8-19/h3-6,11H,7-10H2,1-2H3,(H,21,23)(H,24,25). The van der Waals surface area contributed by atoms with Gasteiger partial charge < -0.3 is 19.7 Å². The van der Waals surface area contributed by atoms with Crippen molar-refractivity contribution >= 4 is 23.5 Å². The summed E-state index contributed by atoms with van der Waals surface area (Å²) in [5.41, 5.74) is 1.70. The molecule has 1 aliphatic heterocycles. The van der Waals surface area contributed by atoms with Crippen LogP contribution in [-0.2, 0) is 9.53 Å². The summed E-state index contributed by atoms with van der Waals surface area (Å²) in [5, 5.41) is 13.0. The fourth-order valence-corrected chi connectivity index (χ4v) is 3.50. The molecule has 0 spiro atoms. The van der Waals surface area contributed by atoms with Gasteiger partial charge in [-0.3, -0.25) is 4.79 Å². The second kappa shape index (κ2) is 7.13. The van der Waals surface area contributed by atoms with Crippen LogP contribution in [0, 0.1) is 13.8 Å². The van der Waals surface area contributed by atoms with E-state index in [2.05, 4.69) is 5.32 Å². The summed E-state index contributed by atoms with van der Waals surface area (Å²) >= 11 is 5.95. The van der Waals surface area contributed by atoms with Gasteiger partial charge in [0.25, 0.3) is 5.91 Å². The first-order chi connectivity index (χ1) is 12.3. The van der Waals surface area contributed by atoms with Crippen LogP contribution in [0.25, 0.3) is 5.69 Å². The van der Waals surface area contributed by atoms with Crippen molar-refractivity contribution in [2.24, 2.45) is 0 Å². The van der Waals surface area contributed by atoms with E-state index in [1.165, 1.54) is 0 Å². The Morgan fingerprint density at radius 3 is 2.38 bits per heavy atom. The van der Waals surface area contributed by atoms with Crippen LogP contribution in [0.4, 0.5) is 0 Å². The molecular formula is C19H21ClN2O4. The lowest BCUT2D eigenvalue weighted by molar-refractivity contribution is -0.148. The summed E-state index contributed by atoms with van der Waals surface area (Å²) in [6, 6.07) is 9.10. The summed E-state index contributed by atoms with van der Waals surface area (Å²) in [7, 11) is 0. The second-order valence-electron chi connectivity index (χ2n) is 6.55. The number of benzene rings is 1. The fourth-order valence-electron chi connectivity index (χ4n) is 3.38. The molecule has 0 radical (unpaired) electrons. The van der Waals surface area contributed by atoms with Gasteiger partial charge in [-0.2, -0.15) is 0 Å². The lowest BCUT2D eigenvalue weighted by Crippen LogP contribution is -2.57. The Morgan fingerprint density at radius 2 is 1.81 bits per heavy atom. The Kier molecular flexibility index (Phi) is 5.07. The van der Waals surface area contributed by atoms with Gasteiger partial charge in [0.2, 0.25) is 0 Å². The Labute approximate surface area is 156 Å². The van der Waals surface area contributed by atoms with Crippen LogP contribution in [0.3, 0.4) is 0 Å². The first-order valence-corrected chi connectivity index (χ1v) is 8.80. The smallest absolute Gasteiger partial charge is 0.329 e. The lowest BCUT2D eigenvalue weighted by atomic mass is 9.89. The average molecular weight is 377 g/mol. The highest BCUT2D eigenvalue weighted by Gasteiger charge is 2.42. The molecule has 1 amide bonds. The Bertz CT molecular complexity index is 836. The summed E-state index contributed by atoms with van der Waals surface area (Å²) < 4.78 is 7.19. The maximum absolute atomic E-state index is 12.8. The van der Waals surface area contributed by atoms with Gasteiger partial charge in [0.1, 0.15) is 5.54 Å². The third kappa shape index (κ3) is 3.34. The van der Waals surface area contributed by atoms with Crippen LogP contribution in [0.2, 0.25) is 5.02 Å². The first kappa shape index (κ1) is 18.5. The molecular weight excluding hydrogens is 356 g/mol. The van der Waals surface area contributed by atoms with Crippen molar-refractivity contribution in [1.82, 2.24) is 9.88 Å². The van der Waals surface area contributed by atoms with E-state index in [-0.39, 0.29) is 18.7 Å². The van der Waals surface area contributed by atoms with Crippen LogP contribution in [0.5, 0.6) is 0 Å². The highest BCUT2D eigenvalue weighted by atomic mass is 35.5. The molecule has 1 aliphatic rings. The van der Waals surface area contributed by atoms with Gasteiger partial charge in [-0.25, -0.2) is 4.79 Å². The topological polar surface area (TPSA) is 80.6 Å². The molecule has 0 atom stereocenters. The van der Waals surface area contributed by atoms with Crippen LogP contribution < -0.4 is 5.32 Å². The summed E-state index contributed by atoms with van der Waals surface area (Å²) in [5.74, 6) is -1.41. The Morgan fingerprint density at radius 1 is 1.19 bits per heavy atom. The van der Waals surface area contributed by atoms with Crippen molar-refractivity contribution in [3.63, 3.8) is 0 Å². The molecule has 0 saturated carbocycles. The molecule has 1 saturated heterocycles. The number of aromatic nitrogens is 1. The van der Waals surface area contributed by atoms with Gasteiger partial charge in [-0.15, -0.1) is 0 Å². The van der Waals surface area contributed by atoms with Crippen molar-refractivity contribution < 1.29 is 19.4 Å². The molecule has 26 heavy (non-hydrogen) atoms. The summed E-state index contributed by atoms with van der Waals surface area (Å²) in [4.78, 5) is 24.6. The minimum Gasteiger partial charge on any atom is -0.480 e. The minimum absolute atomic E-state index is 0.254. The maximum atomic E-state index is 12.8. The van der Waals surface area contributed by atoms with Crippen molar-refractivity contribution in [1.29, 1.82) is 0 Å². The number of carboxylic acids is 1. The van der Waals surface area contributed by atoms with E-state index in [4.69, 9.17) is 16.3 Å². The van der Waals surface area contributed by atoms with Gasteiger partial charge in [-0.1, -0.05) is 11.6 Å². The third-order valence-electron chi connectivity index (χ3n) is 4.87. The number of nitrogens with one attached hydrogen (secondary N) is 1. The second-order valence-corrected chi connectivity index (χ2v) is 6.99. The van der Waals surface area contributed by atoms with Crippen molar-refractivity contribution in [3.05, 3.63) is 52.3 Å². The van der Waals surface area contributed by atoms with Gasteiger partial charge in [0, 0.05) is 48.2 Å². The molecule has 3 rings (SSSR count). The summed E-state index contributed by atoms with van der Waals surface area (Å²) in [6.07, 6.45) is 0.508. The van der Waals surface area contributed by atoms with Crippen molar-refractivity contribution in [2.75, 3.05) is 13.2 Å². The fraction of sp³-hybridized carbons (Fsp3) is 0.368. The van der Waals surface area contributed by atoms with Gasteiger partial charge in [-0.05, 0) is 44.2 Å². The monoisotopic (exact) mass is 376 g/mol. The van der Waals surface area contributed by atoms with Crippen molar-refractivity contribution in [2.45, 2.75) is 32.2 Å². The number of rotatable bonds is 4. The van der Waals surface area contributed by atoms with E-state index in [1.54, 1.807) is 18.2 Å². The van der Waals surface area contributed by atoms with Gasteiger partial charge >= 0.3 is 5.97 Å². The molecule has 2 N–H and O–H groups in total. The van der Waals surface area contributed by atoms with E-state index < -0.39 is 11.5 Å². The Hall–Kier alpha value is -2.31. The van der Waals surface area contributed by atoms with Crippen molar-refractivity contribution in [3.8, 4) is 5.69 Å². The van der Waals surface area contributed by atoms with E-state index in [0.29, 0.717) is 23.8 Å². The molecule has 0 bridgehead atoms. The SMILES string of the molecule is Cc1cc(C(=O)NC2(C(=O)O)CCOCC2)c(C)n1-c1ccc(Cl)cc1. The van der Waals surface area contributed by atoms with Crippen LogP contribution in [0.1, 0.15) is 34.6 Å². The zero-order valence-corrected chi connectivity index (χ0v) is 15.5. The van der Waals surface area contributed by atoms with E-state index >= 15 is 0 Å². The number of hydrogen-bond acceptors (Lipinski definition) is 3. The molecule has 7 heteroatoms. The van der Waals surface area contributed by atoms with Gasteiger partial charge in [0.05, 0.1) is 5.56 Å². The highest BCUT2D eigenvalue weighted by molar-refractivity contribution is 6.30. The number of ether oxygens (including phenoxy) is 1. The number of halogens is 1. The number of carbonyl (C=O) groups excluding carboxylic acids is 1. The number of nitrogens with zero attached hydrogens (tertiary/aromatic N) is 1. The number of carboxylic acid groups (broad SMARTS) is 1.